The molecule has 0 aliphatic rings. The molecule has 0 aliphatic carbocycles. The van der Waals surface area contributed by atoms with E-state index in [0.717, 1.165) is 27.6 Å². The van der Waals surface area contributed by atoms with Gasteiger partial charge in [-0.15, -0.1) is 0 Å². The number of H-pyrrole nitrogens is 1. The Labute approximate surface area is 161 Å². The van der Waals surface area contributed by atoms with Crippen molar-refractivity contribution in [1.82, 2.24) is 15.0 Å². The molecule has 5 heteroatoms. The first-order chi connectivity index (χ1) is 13.8. The Kier molecular flexibility index (Phi) is 3.84. The number of nitrogens with one attached hydrogen (secondary N) is 2. The normalized spacial score (nSPS) is 11.0. The molecule has 2 N–H and O–H groups in total. The van der Waals surface area contributed by atoms with Crippen LogP contribution in [0.4, 0.5) is 5.69 Å². The molecule has 0 unspecified atom stereocenters. The summed E-state index contributed by atoms with van der Waals surface area (Å²) in [5.74, 6) is 0.538. The van der Waals surface area contributed by atoms with Gasteiger partial charge in [-0.3, -0.25) is 4.79 Å². The lowest BCUT2D eigenvalue weighted by atomic mass is 10.1. The fourth-order valence-electron chi connectivity index (χ4n) is 3.24. The molecular weight excluding hydrogens is 348 g/mol. The number of hydrogen-bond donors (Lipinski definition) is 2. The van der Waals surface area contributed by atoms with Crippen LogP contribution < -0.4 is 5.32 Å². The van der Waals surface area contributed by atoms with Gasteiger partial charge in [-0.05, 0) is 36.4 Å². The van der Waals surface area contributed by atoms with Crippen LogP contribution in [0.25, 0.3) is 33.5 Å². The summed E-state index contributed by atoms with van der Waals surface area (Å²) in [6.45, 7) is 0. The van der Waals surface area contributed by atoms with Gasteiger partial charge >= 0.3 is 0 Å². The first-order valence-corrected chi connectivity index (χ1v) is 8.99. The summed E-state index contributed by atoms with van der Waals surface area (Å²) in [4.78, 5) is 25.3. The number of aromatic nitrogens is 3. The van der Waals surface area contributed by atoms with Crippen molar-refractivity contribution in [2.24, 2.45) is 0 Å². The second kappa shape index (κ2) is 6.63. The Balaban J connectivity index is 1.57. The number of aromatic amines is 1. The minimum atomic E-state index is -0.163. The van der Waals surface area contributed by atoms with Gasteiger partial charge in [-0.1, -0.05) is 48.5 Å². The van der Waals surface area contributed by atoms with E-state index in [1.807, 2.05) is 72.8 Å². The average Bonchev–Trinajstić information content (AvgIpc) is 3.18. The zero-order valence-corrected chi connectivity index (χ0v) is 14.9. The molecule has 0 aliphatic heterocycles. The highest BCUT2D eigenvalue weighted by Crippen LogP contribution is 2.26. The Bertz CT molecular complexity index is 1280. The average molecular weight is 364 g/mol. The number of carbonyl (C=O) groups excluding carboxylic acids is 1. The Morgan fingerprint density at radius 2 is 1.61 bits per heavy atom. The van der Waals surface area contributed by atoms with Gasteiger partial charge in [0.15, 0.2) is 5.82 Å². The topological polar surface area (TPSA) is 70.7 Å². The third-order valence-electron chi connectivity index (χ3n) is 4.64. The summed E-state index contributed by atoms with van der Waals surface area (Å²) < 4.78 is 0. The largest absolute Gasteiger partial charge is 0.337 e. The van der Waals surface area contributed by atoms with Crippen LogP contribution in [0, 0.1) is 0 Å². The predicted octanol–water partition coefficient (Wildman–Crippen LogP) is 5.03. The SMILES string of the molecule is O=C(Nc1cccc2ccc(-c3nc4ccccc4[nH]3)nc12)c1ccccc1. The van der Waals surface area contributed by atoms with Gasteiger partial charge in [0.2, 0.25) is 0 Å². The van der Waals surface area contributed by atoms with Crippen molar-refractivity contribution in [2.75, 3.05) is 5.32 Å². The number of rotatable bonds is 3. The van der Waals surface area contributed by atoms with Crippen molar-refractivity contribution < 1.29 is 4.79 Å². The molecule has 0 bridgehead atoms. The van der Waals surface area contributed by atoms with Crippen molar-refractivity contribution in [3.8, 4) is 11.5 Å². The third-order valence-corrected chi connectivity index (χ3v) is 4.64. The zero-order valence-electron chi connectivity index (χ0n) is 14.9. The summed E-state index contributed by atoms with van der Waals surface area (Å²) in [5, 5.41) is 3.92. The maximum absolute atomic E-state index is 12.6. The van der Waals surface area contributed by atoms with Crippen LogP contribution in [0.15, 0.2) is 84.9 Å². The van der Waals surface area contributed by atoms with Crippen molar-refractivity contribution in [2.45, 2.75) is 0 Å². The molecule has 5 aromatic rings. The molecule has 5 nitrogen and oxygen atoms in total. The molecule has 0 radical (unpaired) electrons. The zero-order chi connectivity index (χ0) is 18.9. The highest BCUT2D eigenvalue weighted by molar-refractivity contribution is 6.08. The summed E-state index contributed by atoms with van der Waals surface area (Å²) in [6, 6.07) is 26.7. The number of anilines is 1. The second-order valence-corrected chi connectivity index (χ2v) is 6.50. The Hall–Kier alpha value is -3.99. The molecule has 0 saturated heterocycles. The van der Waals surface area contributed by atoms with E-state index in [1.165, 1.54) is 0 Å². The molecule has 2 aromatic heterocycles. The highest BCUT2D eigenvalue weighted by Gasteiger charge is 2.12. The van der Waals surface area contributed by atoms with Gasteiger partial charge in [0.1, 0.15) is 5.69 Å². The molecule has 3 aromatic carbocycles. The van der Waals surface area contributed by atoms with Crippen LogP contribution in [0.2, 0.25) is 0 Å². The quantitative estimate of drug-likeness (QED) is 0.472. The lowest BCUT2D eigenvalue weighted by Crippen LogP contribution is -2.12. The van der Waals surface area contributed by atoms with Crippen LogP contribution >= 0.6 is 0 Å². The van der Waals surface area contributed by atoms with Crippen LogP contribution in [0.3, 0.4) is 0 Å². The molecule has 0 atom stereocenters. The van der Waals surface area contributed by atoms with E-state index in [2.05, 4.69) is 15.3 Å². The van der Waals surface area contributed by atoms with Gasteiger partial charge in [0.05, 0.1) is 22.2 Å². The van der Waals surface area contributed by atoms with Gasteiger partial charge in [0, 0.05) is 10.9 Å². The molecule has 0 saturated carbocycles. The highest BCUT2D eigenvalue weighted by atomic mass is 16.1. The monoisotopic (exact) mass is 364 g/mol. The molecule has 1 amide bonds. The summed E-state index contributed by atoms with van der Waals surface area (Å²) in [7, 11) is 0. The molecule has 0 fully saturated rings. The van der Waals surface area contributed by atoms with Crippen molar-refractivity contribution in [1.29, 1.82) is 0 Å². The van der Waals surface area contributed by atoms with Crippen molar-refractivity contribution in [3.63, 3.8) is 0 Å². The van der Waals surface area contributed by atoms with E-state index >= 15 is 0 Å². The number of amides is 1. The standard InChI is InChI=1S/C23H16N4O/c28-23(16-7-2-1-3-8-16)27-19-12-6-9-15-13-14-20(24-21(15)19)22-25-17-10-4-5-11-18(17)26-22/h1-14H,(H,25,26)(H,27,28). The number of imidazole rings is 1. The van der Waals surface area contributed by atoms with Crippen molar-refractivity contribution in [3.05, 3.63) is 90.5 Å². The van der Waals surface area contributed by atoms with Gasteiger partial charge in [0.25, 0.3) is 5.91 Å². The minimum absolute atomic E-state index is 0.163. The van der Waals surface area contributed by atoms with E-state index in [9.17, 15) is 4.79 Å². The van der Waals surface area contributed by atoms with Crippen LogP contribution in [-0.4, -0.2) is 20.9 Å². The maximum atomic E-state index is 12.6. The lowest BCUT2D eigenvalue weighted by molar-refractivity contribution is 0.102. The van der Waals surface area contributed by atoms with E-state index in [-0.39, 0.29) is 5.91 Å². The summed E-state index contributed by atoms with van der Waals surface area (Å²) in [6.07, 6.45) is 0. The number of hydrogen-bond acceptors (Lipinski definition) is 3. The van der Waals surface area contributed by atoms with E-state index in [0.29, 0.717) is 17.1 Å². The summed E-state index contributed by atoms with van der Waals surface area (Å²) >= 11 is 0. The predicted molar refractivity (Wildman–Crippen MR) is 111 cm³/mol. The van der Waals surface area contributed by atoms with Gasteiger partial charge in [-0.25, -0.2) is 9.97 Å². The number of pyridine rings is 1. The molecule has 5 rings (SSSR count). The molecular formula is C23H16N4O. The lowest BCUT2D eigenvalue weighted by Gasteiger charge is -2.09. The van der Waals surface area contributed by atoms with Crippen molar-refractivity contribution >= 4 is 33.5 Å². The number of fused-ring (bicyclic) bond motifs is 2. The molecule has 0 spiro atoms. The minimum Gasteiger partial charge on any atom is -0.337 e. The molecule has 2 heterocycles. The maximum Gasteiger partial charge on any atom is 0.255 e. The third kappa shape index (κ3) is 2.89. The Morgan fingerprint density at radius 1 is 0.786 bits per heavy atom. The second-order valence-electron chi connectivity index (χ2n) is 6.50. The smallest absolute Gasteiger partial charge is 0.255 e. The fraction of sp³-hybridized carbons (Fsp3) is 0. The molecule has 134 valence electrons. The van der Waals surface area contributed by atoms with E-state index in [1.54, 1.807) is 12.1 Å². The van der Waals surface area contributed by atoms with E-state index < -0.39 is 0 Å². The van der Waals surface area contributed by atoms with Crippen LogP contribution in [-0.2, 0) is 0 Å². The number of benzene rings is 3. The number of para-hydroxylation sites is 3. The number of carbonyl (C=O) groups is 1. The summed E-state index contributed by atoms with van der Waals surface area (Å²) in [5.41, 5.74) is 4.59. The Morgan fingerprint density at radius 3 is 2.46 bits per heavy atom. The number of nitrogens with zero attached hydrogens (tertiary/aromatic N) is 2. The molecule has 28 heavy (non-hydrogen) atoms. The van der Waals surface area contributed by atoms with Crippen LogP contribution in [0.5, 0.6) is 0 Å². The fourth-order valence-corrected chi connectivity index (χ4v) is 3.24. The first-order valence-electron chi connectivity index (χ1n) is 8.99. The first kappa shape index (κ1) is 16.2. The van der Waals surface area contributed by atoms with Crippen LogP contribution in [0.1, 0.15) is 10.4 Å². The van der Waals surface area contributed by atoms with Gasteiger partial charge < -0.3 is 10.3 Å². The van der Waals surface area contributed by atoms with E-state index in [4.69, 9.17) is 4.98 Å². The van der Waals surface area contributed by atoms with Gasteiger partial charge in [-0.2, -0.15) is 0 Å².